The SMILES string of the molecule is O=C(CCN1CCCC1=O)NC1c2ccccc2CC1O. The van der Waals surface area contributed by atoms with Gasteiger partial charge in [-0.15, -0.1) is 0 Å². The lowest BCUT2D eigenvalue weighted by Crippen LogP contribution is -2.36. The van der Waals surface area contributed by atoms with Crippen molar-refractivity contribution in [2.75, 3.05) is 13.1 Å². The van der Waals surface area contributed by atoms with Gasteiger partial charge in [0.1, 0.15) is 0 Å². The van der Waals surface area contributed by atoms with Crippen molar-refractivity contribution < 1.29 is 14.7 Å². The van der Waals surface area contributed by atoms with Gasteiger partial charge in [0, 0.05) is 32.4 Å². The molecular weight excluding hydrogens is 268 g/mol. The lowest BCUT2D eigenvalue weighted by molar-refractivity contribution is -0.128. The molecule has 1 saturated heterocycles. The minimum absolute atomic E-state index is 0.115. The fourth-order valence-corrected chi connectivity index (χ4v) is 3.17. The summed E-state index contributed by atoms with van der Waals surface area (Å²) >= 11 is 0. The van der Waals surface area contributed by atoms with Gasteiger partial charge < -0.3 is 15.3 Å². The van der Waals surface area contributed by atoms with Crippen LogP contribution in [0.3, 0.4) is 0 Å². The molecule has 2 amide bonds. The van der Waals surface area contributed by atoms with Crippen LogP contribution < -0.4 is 5.32 Å². The van der Waals surface area contributed by atoms with E-state index < -0.39 is 6.10 Å². The third kappa shape index (κ3) is 2.93. The van der Waals surface area contributed by atoms with E-state index in [0.29, 0.717) is 19.4 Å². The number of amides is 2. The topological polar surface area (TPSA) is 69.6 Å². The number of hydrogen-bond acceptors (Lipinski definition) is 3. The lowest BCUT2D eigenvalue weighted by atomic mass is 10.1. The summed E-state index contributed by atoms with van der Waals surface area (Å²) in [4.78, 5) is 25.3. The molecule has 2 atom stereocenters. The fraction of sp³-hybridized carbons (Fsp3) is 0.500. The Hall–Kier alpha value is -1.88. The largest absolute Gasteiger partial charge is 0.390 e. The molecule has 0 saturated carbocycles. The smallest absolute Gasteiger partial charge is 0.222 e. The normalized spacial score (nSPS) is 24.2. The van der Waals surface area contributed by atoms with Gasteiger partial charge in [-0.3, -0.25) is 9.59 Å². The van der Waals surface area contributed by atoms with Gasteiger partial charge in [-0.05, 0) is 17.5 Å². The summed E-state index contributed by atoms with van der Waals surface area (Å²) in [5.74, 6) is 0.0181. The van der Waals surface area contributed by atoms with E-state index in [1.165, 1.54) is 0 Å². The Kier molecular flexibility index (Phi) is 3.92. The number of carbonyl (C=O) groups is 2. The van der Waals surface area contributed by atoms with Crippen molar-refractivity contribution in [3.63, 3.8) is 0 Å². The second-order valence-corrected chi connectivity index (χ2v) is 5.75. The van der Waals surface area contributed by atoms with Gasteiger partial charge in [0.15, 0.2) is 0 Å². The molecule has 1 heterocycles. The van der Waals surface area contributed by atoms with Crippen LogP contribution in [0.1, 0.15) is 36.4 Å². The first-order valence-corrected chi connectivity index (χ1v) is 7.48. The Morgan fingerprint density at radius 1 is 1.38 bits per heavy atom. The molecule has 1 aromatic carbocycles. The lowest BCUT2D eigenvalue weighted by Gasteiger charge is -2.19. The number of nitrogens with zero attached hydrogens (tertiary/aromatic N) is 1. The van der Waals surface area contributed by atoms with Crippen molar-refractivity contribution >= 4 is 11.8 Å². The summed E-state index contributed by atoms with van der Waals surface area (Å²) in [6.07, 6.45) is 1.77. The second-order valence-electron chi connectivity index (χ2n) is 5.75. The molecule has 2 N–H and O–H groups in total. The number of rotatable bonds is 4. The van der Waals surface area contributed by atoms with E-state index in [1.54, 1.807) is 4.90 Å². The van der Waals surface area contributed by atoms with Gasteiger partial charge in [-0.25, -0.2) is 0 Å². The monoisotopic (exact) mass is 288 g/mol. The maximum absolute atomic E-state index is 12.1. The van der Waals surface area contributed by atoms with Gasteiger partial charge in [-0.1, -0.05) is 24.3 Å². The Balaban J connectivity index is 1.56. The van der Waals surface area contributed by atoms with E-state index >= 15 is 0 Å². The van der Waals surface area contributed by atoms with Gasteiger partial charge >= 0.3 is 0 Å². The summed E-state index contributed by atoms with van der Waals surface area (Å²) in [6, 6.07) is 7.45. The van der Waals surface area contributed by atoms with E-state index in [-0.39, 0.29) is 24.3 Å². The molecule has 0 aromatic heterocycles. The van der Waals surface area contributed by atoms with E-state index in [0.717, 1.165) is 24.1 Å². The third-order valence-electron chi connectivity index (χ3n) is 4.30. The molecule has 5 heteroatoms. The van der Waals surface area contributed by atoms with Crippen molar-refractivity contribution in [3.8, 4) is 0 Å². The molecular formula is C16H20N2O3. The summed E-state index contributed by atoms with van der Waals surface area (Å²) in [7, 11) is 0. The van der Waals surface area contributed by atoms with Gasteiger partial charge in [-0.2, -0.15) is 0 Å². The summed E-state index contributed by atoms with van der Waals surface area (Å²) in [5, 5.41) is 13.0. The van der Waals surface area contributed by atoms with Crippen LogP contribution in [0.25, 0.3) is 0 Å². The molecule has 1 aromatic rings. The summed E-state index contributed by atoms with van der Waals surface area (Å²) in [5.41, 5.74) is 2.08. The molecule has 3 rings (SSSR count). The van der Waals surface area contributed by atoms with Crippen LogP contribution in [0.5, 0.6) is 0 Å². The van der Waals surface area contributed by atoms with Gasteiger partial charge in [0.25, 0.3) is 0 Å². The van der Waals surface area contributed by atoms with Crippen LogP contribution in [0.4, 0.5) is 0 Å². The first-order valence-electron chi connectivity index (χ1n) is 7.48. The zero-order chi connectivity index (χ0) is 14.8. The molecule has 21 heavy (non-hydrogen) atoms. The average molecular weight is 288 g/mol. The molecule has 2 unspecified atom stereocenters. The molecule has 1 fully saturated rings. The van der Waals surface area contributed by atoms with Crippen molar-refractivity contribution in [2.45, 2.75) is 37.8 Å². The van der Waals surface area contributed by atoms with Crippen LogP contribution >= 0.6 is 0 Å². The van der Waals surface area contributed by atoms with Crippen LogP contribution in [0, 0.1) is 0 Å². The predicted molar refractivity (Wildman–Crippen MR) is 77.5 cm³/mol. The van der Waals surface area contributed by atoms with E-state index in [4.69, 9.17) is 0 Å². The molecule has 0 spiro atoms. The zero-order valence-electron chi connectivity index (χ0n) is 11.9. The number of hydrogen-bond donors (Lipinski definition) is 2. The van der Waals surface area contributed by atoms with E-state index in [9.17, 15) is 14.7 Å². The molecule has 0 radical (unpaired) electrons. The Morgan fingerprint density at radius 2 is 2.19 bits per heavy atom. The molecule has 5 nitrogen and oxygen atoms in total. The van der Waals surface area contributed by atoms with Crippen LogP contribution in [0.15, 0.2) is 24.3 Å². The van der Waals surface area contributed by atoms with Crippen molar-refractivity contribution in [3.05, 3.63) is 35.4 Å². The molecule has 112 valence electrons. The minimum atomic E-state index is -0.570. The molecule has 2 aliphatic rings. The number of aliphatic hydroxyl groups is 1. The summed E-state index contributed by atoms with van der Waals surface area (Å²) in [6.45, 7) is 1.22. The van der Waals surface area contributed by atoms with Crippen molar-refractivity contribution in [2.24, 2.45) is 0 Å². The van der Waals surface area contributed by atoms with Gasteiger partial charge in [0.05, 0.1) is 12.1 Å². The number of nitrogens with one attached hydrogen (secondary N) is 1. The highest BCUT2D eigenvalue weighted by Crippen LogP contribution is 2.31. The Morgan fingerprint density at radius 3 is 2.95 bits per heavy atom. The first-order chi connectivity index (χ1) is 10.1. The van der Waals surface area contributed by atoms with Crippen LogP contribution in [0.2, 0.25) is 0 Å². The number of benzene rings is 1. The van der Waals surface area contributed by atoms with E-state index in [2.05, 4.69) is 5.32 Å². The maximum Gasteiger partial charge on any atom is 0.222 e. The van der Waals surface area contributed by atoms with Crippen molar-refractivity contribution in [1.82, 2.24) is 10.2 Å². The Labute approximate surface area is 123 Å². The molecule has 1 aliphatic carbocycles. The second kappa shape index (κ2) is 5.85. The number of likely N-dealkylation sites (tertiary alicyclic amines) is 1. The molecule has 1 aliphatic heterocycles. The van der Waals surface area contributed by atoms with Crippen LogP contribution in [-0.2, 0) is 16.0 Å². The van der Waals surface area contributed by atoms with Crippen LogP contribution in [-0.4, -0.2) is 41.0 Å². The minimum Gasteiger partial charge on any atom is -0.390 e. The highest BCUT2D eigenvalue weighted by Gasteiger charge is 2.32. The highest BCUT2D eigenvalue weighted by atomic mass is 16.3. The molecule has 0 bridgehead atoms. The standard InChI is InChI=1S/C16H20N2O3/c19-13-10-11-4-1-2-5-12(11)16(13)17-14(20)7-9-18-8-3-6-15(18)21/h1-2,4-5,13,16,19H,3,6-10H2,(H,17,20). The quantitative estimate of drug-likeness (QED) is 0.860. The van der Waals surface area contributed by atoms with Crippen molar-refractivity contribution in [1.29, 1.82) is 0 Å². The third-order valence-corrected chi connectivity index (χ3v) is 4.30. The number of fused-ring (bicyclic) bond motifs is 1. The van der Waals surface area contributed by atoms with E-state index in [1.807, 2.05) is 24.3 Å². The number of carbonyl (C=O) groups excluding carboxylic acids is 2. The first kappa shape index (κ1) is 14.1. The average Bonchev–Trinajstić information content (AvgIpc) is 3.01. The predicted octanol–water partition coefficient (Wildman–Crippen LogP) is 0.773. The fourth-order valence-electron chi connectivity index (χ4n) is 3.17. The van der Waals surface area contributed by atoms with Gasteiger partial charge in [0.2, 0.25) is 11.8 Å². The zero-order valence-corrected chi connectivity index (χ0v) is 11.9. The number of aliphatic hydroxyl groups excluding tert-OH is 1. The highest BCUT2D eigenvalue weighted by molar-refractivity contribution is 5.80. The summed E-state index contributed by atoms with van der Waals surface area (Å²) < 4.78 is 0. The maximum atomic E-state index is 12.1. The Bertz CT molecular complexity index is 558.